The van der Waals surface area contributed by atoms with Gasteiger partial charge < -0.3 is 15.4 Å². The number of hydrogen-bond acceptors (Lipinski definition) is 4. The van der Waals surface area contributed by atoms with Crippen molar-refractivity contribution >= 4 is 23.2 Å². The van der Waals surface area contributed by atoms with Crippen LogP contribution in [0.5, 0.6) is 5.75 Å². The molecule has 1 aliphatic rings. The highest BCUT2D eigenvalue weighted by Gasteiger charge is 2.25. The van der Waals surface area contributed by atoms with E-state index in [2.05, 4.69) is 21.6 Å². The van der Waals surface area contributed by atoms with Crippen LogP contribution in [-0.4, -0.2) is 44.1 Å². The van der Waals surface area contributed by atoms with Crippen molar-refractivity contribution in [2.45, 2.75) is 6.04 Å². The van der Waals surface area contributed by atoms with Gasteiger partial charge in [0.15, 0.2) is 0 Å². The maximum absolute atomic E-state index is 12.5. The Morgan fingerprint density at radius 3 is 2.96 bits per heavy atom. The summed E-state index contributed by atoms with van der Waals surface area (Å²) >= 11 is 6.13. The van der Waals surface area contributed by atoms with Crippen LogP contribution in [0, 0.1) is 0 Å². The first-order valence-corrected chi connectivity index (χ1v) is 8.68. The van der Waals surface area contributed by atoms with Crippen LogP contribution in [0.3, 0.4) is 0 Å². The van der Waals surface area contributed by atoms with Gasteiger partial charge in [-0.15, -0.1) is 0 Å². The Kier molecular flexibility index (Phi) is 5.91. The van der Waals surface area contributed by atoms with E-state index < -0.39 is 0 Å². The monoisotopic (exact) mass is 359 g/mol. The standard InChI is InChI=1S/C19H22ClN3O2/c1-25-18-8-3-2-7-16(18)22-19(24)13-23-10-9-21-12-17(23)14-5-4-6-15(20)11-14/h2-8,11,17,21H,9-10,12-13H2,1H3,(H,22,24). The third-order valence-corrected chi connectivity index (χ3v) is 4.55. The van der Waals surface area contributed by atoms with E-state index in [1.807, 2.05) is 42.5 Å². The molecule has 1 unspecified atom stereocenters. The van der Waals surface area contributed by atoms with Gasteiger partial charge in [0.2, 0.25) is 5.91 Å². The van der Waals surface area contributed by atoms with Gasteiger partial charge in [-0.25, -0.2) is 0 Å². The summed E-state index contributed by atoms with van der Waals surface area (Å²) in [4.78, 5) is 14.7. The van der Waals surface area contributed by atoms with E-state index in [1.54, 1.807) is 7.11 Å². The Morgan fingerprint density at radius 2 is 2.16 bits per heavy atom. The summed E-state index contributed by atoms with van der Waals surface area (Å²) in [5.41, 5.74) is 1.80. The van der Waals surface area contributed by atoms with Crippen molar-refractivity contribution in [2.75, 3.05) is 38.6 Å². The summed E-state index contributed by atoms with van der Waals surface area (Å²) in [6.07, 6.45) is 0. The van der Waals surface area contributed by atoms with Crippen molar-refractivity contribution in [3.05, 3.63) is 59.1 Å². The normalized spacial score (nSPS) is 17.9. The molecule has 2 aromatic carbocycles. The van der Waals surface area contributed by atoms with Crippen molar-refractivity contribution in [1.82, 2.24) is 10.2 Å². The Labute approximate surface area is 152 Å². The van der Waals surface area contributed by atoms with Gasteiger partial charge in [0.25, 0.3) is 0 Å². The average Bonchev–Trinajstić information content (AvgIpc) is 2.62. The molecule has 2 aromatic rings. The molecule has 25 heavy (non-hydrogen) atoms. The first-order chi connectivity index (χ1) is 12.2. The van der Waals surface area contributed by atoms with Gasteiger partial charge in [-0.1, -0.05) is 35.9 Å². The van der Waals surface area contributed by atoms with Gasteiger partial charge in [0, 0.05) is 30.7 Å². The van der Waals surface area contributed by atoms with Crippen LogP contribution in [0.4, 0.5) is 5.69 Å². The van der Waals surface area contributed by atoms with Crippen molar-refractivity contribution in [2.24, 2.45) is 0 Å². The molecule has 0 aromatic heterocycles. The van der Waals surface area contributed by atoms with Crippen molar-refractivity contribution in [3.63, 3.8) is 0 Å². The van der Waals surface area contributed by atoms with Crippen molar-refractivity contribution in [1.29, 1.82) is 0 Å². The molecule has 3 rings (SSSR count). The number of anilines is 1. The molecule has 0 saturated carbocycles. The number of rotatable bonds is 5. The van der Waals surface area contributed by atoms with Gasteiger partial charge in [0.1, 0.15) is 5.75 Å². The minimum absolute atomic E-state index is 0.0570. The predicted octanol–water partition coefficient (Wildman–Crippen LogP) is 2.93. The summed E-state index contributed by atoms with van der Waals surface area (Å²) in [6.45, 7) is 2.77. The fourth-order valence-electron chi connectivity index (χ4n) is 3.10. The minimum Gasteiger partial charge on any atom is -0.495 e. The molecular weight excluding hydrogens is 338 g/mol. The Morgan fingerprint density at radius 1 is 1.32 bits per heavy atom. The lowest BCUT2D eigenvalue weighted by atomic mass is 10.0. The second kappa shape index (κ2) is 8.34. The zero-order chi connectivity index (χ0) is 17.6. The van der Waals surface area contributed by atoms with Gasteiger partial charge in [-0.05, 0) is 29.8 Å². The van der Waals surface area contributed by atoms with Crippen LogP contribution < -0.4 is 15.4 Å². The molecule has 1 fully saturated rings. The fraction of sp³-hybridized carbons (Fsp3) is 0.316. The molecular formula is C19H22ClN3O2. The fourth-order valence-corrected chi connectivity index (χ4v) is 3.30. The molecule has 1 aliphatic heterocycles. The van der Waals surface area contributed by atoms with E-state index >= 15 is 0 Å². The quantitative estimate of drug-likeness (QED) is 0.861. The van der Waals surface area contributed by atoms with Gasteiger partial charge in [-0.2, -0.15) is 0 Å². The molecule has 0 bridgehead atoms. The number of hydrogen-bond donors (Lipinski definition) is 2. The highest BCUT2D eigenvalue weighted by atomic mass is 35.5. The Hall–Kier alpha value is -2.08. The molecule has 0 spiro atoms. The molecule has 1 heterocycles. The number of amides is 1. The third-order valence-electron chi connectivity index (χ3n) is 4.32. The molecule has 6 heteroatoms. The van der Waals surface area contributed by atoms with Crippen LogP contribution >= 0.6 is 11.6 Å². The summed E-state index contributed by atoms with van der Waals surface area (Å²) < 4.78 is 5.29. The lowest BCUT2D eigenvalue weighted by Crippen LogP contribution is -2.48. The molecule has 1 atom stereocenters. The molecule has 132 valence electrons. The Balaban J connectivity index is 1.70. The third kappa shape index (κ3) is 4.51. The second-order valence-corrected chi connectivity index (χ2v) is 6.43. The van der Waals surface area contributed by atoms with Gasteiger partial charge >= 0.3 is 0 Å². The van der Waals surface area contributed by atoms with Gasteiger partial charge in [-0.3, -0.25) is 9.69 Å². The van der Waals surface area contributed by atoms with E-state index in [0.29, 0.717) is 23.0 Å². The smallest absolute Gasteiger partial charge is 0.238 e. The van der Waals surface area contributed by atoms with Crippen LogP contribution in [-0.2, 0) is 4.79 Å². The highest BCUT2D eigenvalue weighted by molar-refractivity contribution is 6.30. The first-order valence-electron chi connectivity index (χ1n) is 8.30. The number of carbonyl (C=O) groups is 1. The maximum atomic E-state index is 12.5. The number of ether oxygens (including phenoxy) is 1. The van der Waals surface area contributed by atoms with E-state index in [1.165, 1.54) is 0 Å². The summed E-state index contributed by atoms with van der Waals surface area (Å²) in [5, 5.41) is 7.04. The molecule has 2 N–H and O–H groups in total. The van der Waals surface area contributed by atoms with E-state index in [0.717, 1.165) is 25.2 Å². The van der Waals surface area contributed by atoms with Crippen LogP contribution in [0.1, 0.15) is 11.6 Å². The predicted molar refractivity (Wildman–Crippen MR) is 100 cm³/mol. The van der Waals surface area contributed by atoms with Crippen molar-refractivity contribution < 1.29 is 9.53 Å². The van der Waals surface area contributed by atoms with Crippen LogP contribution in [0.15, 0.2) is 48.5 Å². The average molecular weight is 360 g/mol. The number of benzene rings is 2. The highest BCUT2D eigenvalue weighted by Crippen LogP contribution is 2.26. The largest absolute Gasteiger partial charge is 0.495 e. The van der Waals surface area contributed by atoms with E-state index in [4.69, 9.17) is 16.3 Å². The number of carbonyl (C=O) groups excluding carboxylic acids is 1. The number of nitrogens with zero attached hydrogens (tertiary/aromatic N) is 1. The number of nitrogens with one attached hydrogen (secondary N) is 2. The summed E-state index contributed by atoms with van der Waals surface area (Å²) in [5.74, 6) is 0.598. The number of methoxy groups -OCH3 is 1. The van der Waals surface area contributed by atoms with Crippen LogP contribution in [0.2, 0.25) is 5.02 Å². The topological polar surface area (TPSA) is 53.6 Å². The first kappa shape index (κ1) is 17.7. The second-order valence-electron chi connectivity index (χ2n) is 5.99. The molecule has 1 amide bonds. The summed E-state index contributed by atoms with van der Waals surface area (Å²) in [6, 6.07) is 15.4. The van der Waals surface area contributed by atoms with E-state index in [-0.39, 0.29) is 11.9 Å². The summed E-state index contributed by atoms with van der Waals surface area (Å²) in [7, 11) is 1.59. The molecule has 0 radical (unpaired) electrons. The Bertz CT molecular complexity index is 738. The van der Waals surface area contributed by atoms with Crippen LogP contribution in [0.25, 0.3) is 0 Å². The minimum atomic E-state index is -0.0570. The number of piperazine rings is 1. The number of halogens is 1. The molecule has 0 aliphatic carbocycles. The maximum Gasteiger partial charge on any atom is 0.238 e. The van der Waals surface area contributed by atoms with Gasteiger partial charge in [0.05, 0.1) is 19.3 Å². The SMILES string of the molecule is COc1ccccc1NC(=O)CN1CCNCC1c1cccc(Cl)c1. The molecule has 1 saturated heterocycles. The van der Waals surface area contributed by atoms with E-state index in [9.17, 15) is 4.79 Å². The lowest BCUT2D eigenvalue weighted by molar-refractivity contribution is -0.118. The van der Waals surface area contributed by atoms with Crippen molar-refractivity contribution in [3.8, 4) is 5.75 Å². The zero-order valence-corrected chi connectivity index (χ0v) is 14.9. The lowest BCUT2D eigenvalue weighted by Gasteiger charge is -2.36. The zero-order valence-electron chi connectivity index (χ0n) is 14.2. The number of para-hydroxylation sites is 2. The molecule has 5 nitrogen and oxygen atoms in total.